The second kappa shape index (κ2) is 4.42. The fourth-order valence-electron chi connectivity index (χ4n) is 1.62. The van der Waals surface area contributed by atoms with E-state index in [1.807, 2.05) is 38.1 Å². The normalized spacial score (nSPS) is 9.86. The summed E-state index contributed by atoms with van der Waals surface area (Å²) >= 11 is 0. The second-order valence-corrected chi connectivity index (χ2v) is 3.31. The Morgan fingerprint density at radius 1 is 1.29 bits per heavy atom. The minimum Gasteiger partial charge on any atom is -0.508 e. The zero-order chi connectivity index (χ0) is 9.42. The summed E-state index contributed by atoms with van der Waals surface area (Å²) in [6, 6.07) is 10.8. The Morgan fingerprint density at radius 2 is 2.00 bits per heavy atom. The van der Waals surface area contributed by atoms with Crippen molar-refractivity contribution in [3.05, 3.63) is 41.5 Å². The van der Waals surface area contributed by atoms with Crippen molar-refractivity contribution in [2.75, 3.05) is 0 Å². The average Bonchev–Trinajstić information content (AvgIpc) is 2.15. The molecule has 0 saturated carbocycles. The maximum Gasteiger partial charge on any atom is 0.109 e. The van der Waals surface area contributed by atoms with E-state index < -0.39 is 0 Å². The number of aromatic hydroxyl groups is 1. The topological polar surface area (TPSA) is 20.2 Å². The number of fused-ring (bicyclic) bond motifs is 1. The Kier molecular flexibility index (Phi) is 3.68. The molecular formula is C12H11OY-. The van der Waals surface area contributed by atoms with Crippen molar-refractivity contribution in [3.63, 3.8) is 0 Å². The van der Waals surface area contributed by atoms with E-state index in [0.717, 1.165) is 21.9 Å². The number of hydrogen-bond donors (Lipinski definition) is 1. The van der Waals surface area contributed by atoms with Gasteiger partial charge in [-0.15, -0.1) is 10.8 Å². The molecule has 0 saturated heterocycles. The third-order valence-electron chi connectivity index (χ3n) is 2.40. The van der Waals surface area contributed by atoms with E-state index in [-0.39, 0.29) is 32.7 Å². The molecule has 1 N–H and O–H groups in total. The number of benzene rings is 2. The molecule has 14 heavy (non-hydrogen) atoms. The van der Waals surface area contributed by atoms with E-state index >= 15 is 0 Å². The molecule has 0 aliphatic rings. The van der Waals surface area contributed by atoms with Crippen LogP contribution in [0.5, 0.6) is 5.75 Å². The van der Waals surface area contributed by atoms with Gasteiger partial charge in [0.05, 0.1) is 0 Å². The van der Waals surface area contributed by atoms with Crippen molar-refractivity contribution < 1.29 is 37.8 Å². The van der Waals surface area contributed by atoms with Crippen LogP contribution in [0, 0.1) is 19.9 Å². The van der Waals surface area contributed by atoms with Crippen LogP contribution in [0.4, 0.5) is 0 Å². The Bertz CT molecular complexity index is 463. The molecule has 0 aromatic heterocycles. The number of phenols is 1. The van der Waals surface area contributed by atoms with Gasteiger partial charge in [-0.3, -0.25) is 0 Å². The first-order chi connectivity index (χ1) is 6.20. The summed E-state index contributed by atoms with van der Waals surface area (Å²) in [6.07, 6.45) is 0. The van der Waals surface area contributed by atoms with Gasteiger partial charge in [0.25, 0.3) is 0 Å². The number of hydrogen-bond acceptors (Lipinski definition) is 1. The first-order valence-electron chi connectivity index (χ1n) is 4.29. The number of rotatable bonds is 0. The predicted molar refractivity (Wildman–Crippen MR) is 53.9 cm³/mol. The molecule has 0 aliphatic carbocycles. The van der Waals surface area contributed by atoms with Gasteiger partial charge in [0, 0.05) is 32.7 Å². The van der Waals surface area contributed by atoms with Crippen LogP contribution in [0.15, 0.2) is 24.3 Å². The van der Waals surface area contributed by atoms with Crippen LogP contribution >= 0.6 is 0 Å². The maximum absolute atomic E-state index is 9.69. The molecule has 2 heteroatoms. The Balaban J connectivity index is 0.000000980. The van der Waals surface area contributed by atoms with Gasteiger partial charge < -0.3 is 5.11 Å². The minimum absolute atomic E-state index is 0. The monoisotopic (exact) mass is 260 g/mol. The second-order valence-electron chi connectivity index (χ2n) is 3.31. The van der Waals surface area contributed by atoms with Crippen molar-refractivity contribution >= 4 is 10.8 Å². The molecule has 1 nitrogen and oxygen atoms in total. The molecule has 0 atom stereocenters. The summed E-state index contributed by atoms with van der Waals surface area (Å²) in [7, 11) is 0. The summed E-state index contributed by atoms with van der Waals surface area (Å²) < 4.78 is 0. The van der Waals surface area contributed by atoms with Crippen molar-refractivity contribution in [2.45, 2.75) is 13.8 Å². The molecule has 0 aliphatic heterocycles. The first-order valence-corrected chi connectivity index (χ1v) is 4.29. The molecule has 2 aromatic carbocycles. The SMILES string of the molecule is Cc1cc2cc[c-]cc2c(C)c1O.[Y]. The van der Waals surface area contributed by atoms with Gasteiger partial charge in [-0.05, 0) is 19.4 Å². The van der Waals surface area contributed by atoms with Crippen LogP contribution in [-0.2, 0) is 32.7 Å². The molecular weight excluding hydrogens is 249 g/mol. The average molecular weight is 260 g/mol. The summed E-state index contributed by atoms with van der Waals surface area (Å²) in [5.74, 6) is 0.395. The van der Waals surface area contributed by atoms with Crippen LogP contribution < -0.4 is 0 Å². The summed E-state index contributed by atoms with van der Waals surface area (Å²) in [6.45, 7) is 3.84. The van der Waals surface area contributed by atoms with E-state index in [9.17, 15) is 5.11 Å². The molecule has 0 spiro atoms. The predicted octanol–water partition coefficient (Wildman–Crippen LogP) is 2.96. The maximum atomic E-state index is 9.69. The molecule has 2 rings (SSSR count). The van der Waals surface area contributed by atoms with E-state index in [0.29, 0.717) is 5.75 Å². The fourth-order valence-corrected chi connectivity index (χ4v) is 1.62. The van der Waals surface area contributed by atoms with E-state index in [1.165, 1.54) is 0 Å². The van der Waals surface area contributed by atoms with E-state index in [4.69, 9.17) is 0 Å². The van der Waals surface area contributed by atoms with E-state index in [1.54, 1.807) is 0 Å². The van der Waals surface area contributed by atoms with Gasteiger partial charge in [-0.25, -0.2) is 0 Å². The molecule has 2 aromatic rings. The van der Waals surface area contributed by atoms with Crippen LogP contribution in [0.2, 0.25) is 0 Å². The third kappa shape index (κ3) is 1.84. The molecule has 0 fully saturated rings. The van der Waals surface area contributed by atoms with Crippen LogP contribution in [0.1, 0.15) is 11.1 Å². The Hall–Kier alpha value is -0.396. The smallest absolute Gasteiger partial charge is 0.109 e. The van der Waals surface area contributed by atoms with Gasteiger partial charge in [0.15, 0.2) is 0 Å². The molecule has 1 radical (unpaired) electrons. The molecule has 0 unspecified atom stereocenters. The Labute approximate surface area is 109 Å². The summed E-state index contributed by atoms with van der Waals surface area (Å²) in [5.41, 5.74) is 1.86. The quantitative estimate of drug-likeness (QED) is 0.722. The molecule has 0 bridgehead atoms. The minimum atomic E-state index is 0. The number of phenolic OH excluding ortho intramolecular Hbond substituents is 1. The number of aryl methyl sites for hydroxylation is 2. The summed E-state index contributed by atoms with van der Waals surface area (Å²) in [5, 5.41) is 11.9. The van der Waals surface area contributed by atoms with Crippen molar-refractivity contribution in [3.8, 4) is 5.75 Å². The van der Waals surface area contributed by atoms with Crippen molar-refractivity contribution in [2.24, 2.45) is 0 Å². The zero-order valence-electron chi connectivity index (χ0n) is 8.33. The Morgan fingerprint density at radius 3 is 2.71 bits per heavy atom. The van der Waals surface area contributed by atoms with E-state index in [2.05, 4.69) is 6.07 Å². The zero-order valence-corrected chi connectivity index (χ0v) is 11.2. The molecule has 0 amide bonds. The first kappa shape index (κ1) is 11.7. The van der Waals surface area contributed by atoms with Gasteiger partial charge in [-0.1, -0.05) is 11.6 Å². The summed E-state index contributed by atoms with van der Waals surface area (Å²) in [4.78, 5) is 0. The molecule has 69 valence electrons. The fraction of sp³-hybridized carbons (Fsp3) is 0.167. The van der Waals surface area contributed by atoms with Crippen molar-refractivity contribution in [1.29, 1.82) is 0 Å². The van der Waals surface area contributed by atoms with Crippen LogP contribution in [0.3, 0.4) is 0 Å². The largest absolute Gasteiger partial charge is 0.508 e. The van der Waals surface area contributed by atoms with Gasteiger partial charge >= 0.3 is 0 Å². The van der Waals surface area contributed by atoms with Crippen molar-refractivity contribution in [1.82, 2.24) is 0 Å². The standard InChI is InChI=1S/C12H11O.Y/c1-8-7-10-5-3-4-6-11(10)9(2)12(8)13;/h3,5-7,13H,1-2H3;/q-1;. The van der Waals surface area contributed by atoms with Crippen LogP contribution in [-0.4, -0.2) is 5.11 Å². The van der Waals surface area contributed by atoms with Gasteiger partial charge in [0.1, 0.15) is 5.75 Å². The van der Waals surface area contributed by atoms with Gasteiger partial charge in [0.2, 0.25) is 0 Å². The molecule has 0 heterocycles. The van der Waals surface area contributed by atoms with Gasteiger partial charge in [-0.2, -0.15) is 24.3 Å². The third-order valence-corrected chi connectivity index (χ3v) is 2.40. The van der Waals surface area contributed by atoms with Crippen LogP contribution in [0.25, 0.3) is 10.8 Å².